The van der Waals surface area contributed by atoms with E-state index in [2.05, 4.69) is 26.1 Å². The van der Waals surface area contributed by atoms with Crippen molar-refractivity contribution >= 4 is 0 Å². The minimum absolute atomic E-state index is 0.680. The Morgan fingerprint density at radius 1 is 1.40 bits per heavy atom. The van der Waals surface area contributed by atoms with Gasteiger partial charge in [-0.15, -0.1) is 0 Å². The molecule has 1 aliphatic rings. The van der Waals surface area contributed by atoms with Crippen LogP contribution in [0.25, 0.3) is 0 Å². The third-order valence-corrected chi connectivity index (χ3v) is 3.44. The zero-order valence-corrected chi connectivity index (χ0v) is 10.6. The normalized spacial score (nSPS) is 25.4. The largest absolute Gasteiger partial charge is 0.381 e. The van der Waals surface area contributed by atoms with Gasteiger partial charge in [0.2, 0.25) is 0 Å². The van der Waals surface area contributed by atoms with Gasteiger partial charge in [-0.25, -0.2) is 0 Å². The molecule has 1 fully saturated rings. The average Bonchev–Trinajstić information content (AvgIpc) is 2.70. The van der Waals surface area contributed by atoms with Crippen LogP contribution in [0.1, 0.15) is 46.5 Å². The summed E-state index contributed by atoms with van der Waals surface area (Å²) in [5.74, 6) is 1.60. The van der Waals surface area contributed by atoms with Crippen molar-refractivity contribution < 1.29 is 4.74 Å². The lowest BCUT2D eigenvalue weighted by Crippen LogP contribution is -2.37. The molecule has 0 aromatic heterocycles. The average molecular weight is 213 g/mol. The molecule has 90 valence electrons. The van der Waals surface area contributed by atoms with Gasteiger partial charge in [0, 0.05) is 12.6 Å². The first-order chi connectivity index (χ1) is 7.27. The maximum absolute atomic E-state index is 5.49. The fourth-order valence-corrected chi connectivity index (χ4v) is 2.62. The molecule has 0 radical (unpaired) electrons. The number of hydrogen-bond acceptors (Lipinski definition) is 2. The van der Waals surface area contributed by atoms with Crippen molar-refractivity contribution in [3.05, 3.63) is 0 Å². The van der Waals surface area contributed by atoms with Gasteiger partial charge < -0.3 is 10.1 Å². The van der Waals surface area contributed by atoms with Gasteiger partial charge in [0.1, 0.15) is 0 Å². The van der Waals surface area contributed by atoms with Crippen molar-refractivity contribution in [1.82, 2.24) is 5.32 Å². The monoisotopic (exact) mass is 213 g/mol. The van der Waals surface area contributed by atoms with Gasteiger partial charge in [-0.05, 0) is 31.2 Å². The minimum Gasteiger partial charge on any atom is -0.381 e. The Hall–Kier alpha value is -0.0800. The fraction of sp³-hybridized carbons (Fsp3) is 1.00. The van der Waals surface area contributed by atoms with E-state index in [0.29, 0.717) is 6.04 Å². The molecule has 1 heterocycles. The van der Waals surface area contributed by atoms with Crippen LogP contribution in [0.3, 0.4) is 0 Å². The van der Waals surface area contributed by atoms with Gasteiger partial charge in [0.25, 0.3) is 0 Å². The molecule has 15 heavy (non-hydrogen) atoms. The third-order valence-electron chi connectivity index (χ3n) is 3.44. The lowest BCUT2D eigenvalue weighted by molar-refractivity contribution is 0.172. The summed E-state index contributed by atoms with van der Waals surface area (Å²) < 4.78 is 5.49. The third kappa shape index (κ3) is 4.52. The molecule has 0 aromatic carbocycles. The standard InChI is InChI=1S/C13H27NO/c1-4-6-11(3)9-13(14-5-2)12-7-8-15-10-12/h11-14H,4-10H2,1-3H3. The fourth-order valence-electron chi connectivity index (χ4n) is 2.62. The van der Waals surface area contributed by atoms with Crippen LogP contribution in [0, 0.1) is 11.8 Å². The van der Waals surface area contributed by atoms with Gasteiger partial charge in [0.15, 0.2) is 0 Å². The summed E-state index contributed by atoms with van der Waals surface area (Å²) in [4.78, 5) is 0. The summed E-state index contributed by atoms with van der Waals surface area (Å²) in [7, 11) is 0. The van der Waals surface area contributed by atoms with E-state index < -0.39 is 0 Å². The first kappa shape index (κ1) is 13.0. The lowest BCUT2D eigenvalue weighted by Gasteiger charge is -2.26. The zero-order chi connectivity index (χ0) is 11.1. The van der Waals surface area contributed by atoms with Crippen LogP contribution in [0.2, 0.25) is 0 Å². The summed E-state index contributed by atoms with van der Waals surface area (Å²) in [6.07, 6.45) is 5.23. The molecular formula is C13H27NO. The molecule has 3 atom stereocenters. The lowest BCUT2D eigenvalue weighted by atomic mass is 9.89. The second kappa shape index (κ2) is 7.24. The second-order valence-electron chi connectivity index (χ2n) is 4.92. The van der Waals surface area contributed by atoms with Crippen LogP contribution >= 0.6 is 0 Å². The molecule has 0 aliphatic carbocycles. The molecular weight excluding hydrogens is 186 g/mol. The SMILES string of the molecule is CCCC(C)CC(NCC)C1CCOC1. The molecule has 2 nitrogen and oxygen atoms in total. The highest BCUT2D eigenvalue weighted by molar-refractivity contribution is 4.80. The Morgan fingerprint density at radius 3 is 2.73 bits per heavy atom. The van der Waals surface area contributed by atoms with Gasteiger partial charge in [0.05, 0.1) is 6.61 Å². The van der Waals surface area contributed by atoms with E-state index >= 15 is 0 Å². The Bertz CT molecular complexity index is 155. The van der Waals surface area contributed by atoms with Crippen molar-refractivity contribution in [2.45, 2.75) is 52.5 Å². The van der Waals surface area contributed by atoms with E-state index in [0.717, 1.165) is 31.6 Å². The Morgan fingerprint density at radius 2 is 2.20 bits per heavy atom. The number of ether oxygens (including phenoxy) is 1. The first-order valence-corrected chi connectivity index (χ1v) is 6.59. The maximum atomic E-state index is 5.49. The van der Waals surface area contributed by atoms with Crippen LogP contribution in [-0.4, -0.2) is 25.8 Å². The predicted molar refractivity (Wildman–Crippen MR) is 65.1 cm³/mol. The molecule has 0 amide bonds. The molecule has 0 saturated carbocycles. The summed E-state index contributed by atoms with van der Waals surface area (Å²) >= 11 is 0. The molecule has 1 N–H and O–H groups in total. The summed E-state index contributed by atoms with van der Waals surface area (Å²) in [6, 6.07) is 0.680. The van der Waals surface area contributed by atoms with Crippen LogP contribution < -0.4 is 5.32 Å². The summed E-state index contributed by atoms with van der Waals surface area (Å²) in [5.41, 5.74) is 0. The molecule has 1 rings (SSSR count). The maximum Gasteiger partial charge on any atom is 0.0510 e. The van der Waals surface area contributed by atoms with E-state index in [9.17, 15) is 0 Å². The molecule has 0 spiro atoms. The van der Waals surface area contributed by atoms with Crippen LogP contribution in [0.4, 0.5) is 0 Å². The van der Waals surface area contributed by atoms with E-state index in [-0.39, 0.29) is 0 Å². The quantitative estimate of drug-likeness (QED) is 0.702. The number of rotatable bonds is 7. The van der Waals surface area contributed by atoms with Crippen LogP contribution in [0.15, 0.2) is 0 Å². The van der Waals surface area contributed by atoms with Crippen molar-refractivity contribution in [2.75, 3.05) is 19.8 Å². The summed E-state index contributed by atoms with van der Waals surface area (Å²) in [6.45, 7) is 9.87. The smallest absolute Gasteiger partial charge is 0.0510 e. The molecule has 0 aromatic rings. The first-order valence-electron chi connectivity index (χ1n) is 6.59. The van der Waals surface area contributed by atoms with Crippen molar-refractivity contribution in [3.8, 4) is 0 Å². The van der Waals surface area contributed by atoms with E-state index in [1.165, 1.54) is 25.7 Å². The topological polar surface area (TPSA) is 21.3 Å². The van der Waals surface area contributed by atoms with Gasteiger partial charge in [-0.2, -0.15) is 0 Å². The number of hydrogen-bond donors (Lipinski definition) is 1. The van der Waals surface area contributed by atoms with E-state index in [1.54, 1.807) is 0 Å². The van der Waals surface area contributed by atoms with E-state index in [4.69, 9.17) is 4.74 Å². The highest BCUT2D eigenvalue weighted by Crippen LogP contribution is 2.23. The molecule has 0 bridgehead atoms. The molecule has 1 aliphatic heterocycles. The predicted octanol–water partition coefficient (Wildman–Crippen LogP) is 2.83. The Labute approximate surface area is 94.8 Å². The highest BCUT2D eigenvalue weighted by Gasteiger charge is 2.25. The molecule has 2 heteroatoms. The second-order valence-corrected chi connectivity index (χ2v) is 4.92. The minimum atomic E-state index is 0.680. The van der Waals surface area contributed by atoms with Crippen LogP contribution in [0.5, 0.6) is 0 Å². The van der Waals surface area contributed by atoms with Gasteiger partial charge >= 0.3 is 0 Å². The van der Waals surface area contributed by atoms with E-state index in [1.807, 2.05) is 0 Å². The van der Waals surface area contributed by atoms with Gasteiger partial charge in [-0.3, -0.25) is 0 Å². The molecule has 1 saturated heterocycles. The van der Waals surface area contributed by atoms with Gasteiger partial charge in [-0.1, -0.05) is 33.6 Å². The summed E-state index contributed by atoms with van der Waals surface area (Å²) in [5, 5.41) is 3.63. The van der Waals surface area contributed by atoms with Crippen LogP contribution in [-0.2, 0) is 4.74 Å². The number of nitrogens with one attached hydrogen (secondary N) is 1. The molecule has 3 unspecified atom stereocenters. The van der Waals surface area contributed by atoms with Crippen molar-refractivity contribution in [2.24, 2.45) is 11.8 Å². The van der Waals surface area contributed by atoms with Crippen molar-refractivity contribution in [3.63, 3.8) is 0 Å². The highest BCUT2D eigenvalue weighted by atomic mass is 16.5. The zero-order valence-electron chi connectivity index (χ0n) is 10.6. The Kier molecular flexibility index (Phi) is 6.26. The Balaban J connectivity index is 2.34. The van der Waals surface area contributed by atoms with Crippen molar-refractivity contribution in [1.29, 1.82) is 0 Å².